The van der Waals surface area contributed by atoms with Crippen LogP contribution in [0.4, 0.5) is 0 Å². The molecule has 5 nitrogen and oxygen atoms in total. The predicted molar refractivity (Wildman–Crippen MR) is 64.0 cm³/mol. The monoisotopic (exact) mass is 249 g/mol. The van der Waals surface area contributed by atoms with Crippen molar-refractivity contribution in [3.8, 4) is 0 Å². The topological polar surface area (TPSA) is 89.4 Å². The summed E-state index contributed by atoms with van der Waals surface area (Å²) in [7, 11) is 0. The Morgan fingerprint density at radius 1 is 1.38 bits per heavy atom. The van der Waals surface area contributed by atoms with Crippen LogP contribution < -0.4 is 11.5 Å². The molecular formula is C10H20ClN3O2. The fourth-order valence-electron chi connectivity index (χ4n) is 1.81. The molecule has 0 aromatic carbocycles. The van der Waals surface area contributed by atoms with Crippen LogP contribution in [0.3, 0.4) is 0 Å². The van der Waals surface area contributed by atoms with Crippen molar-refractivity contribution in [2.45, 2.75) is 38.8 Å². The maximum Gasteiger partial charge on any atom is 0.240 e. The van der Waals surface area contributed by atoms with Crippen LogP contribution in [0, 0.1) is 5.92 Å². The summed E-state index contributed by atoms with van der Waals surface area (Å²) in [4.78, 5) is 24.6. The third kappa shape index (κ3) is 3.09. The van der Waals surface area contributed by atoms with E-state index >= 15 is 0 Å². The summed E-state index contributed by atoms with van der Waals surface area (Å²) in [6.45, 7) is 4.19. The minimum Gasteiger partial charge on any atom is -0.368 e. The molecule has 0 bridgehead atoms. The average molecular weight is 250 g/mol. The highest BCUT2D eigenvalue weighted by Crippen LogP contribution is 2.20. The van der Waals surface area contributed by atoms with Gasteiger partial charge in [-0.25, -0.2) is 0 Å². The maximum atomic E-state index is 11.9. The second kappa shape index (κ2) is 6.06. The summed E-state index contributed by atoms with van der Waals surface area (Å²) in [5.74, 6) is -0.742. The number of likely N-dealkylation sites (tertiary alicyclic amines) is 1. The first kappa shape index (κ1) is 15.2. The van der Waals surface area contributed by atoms with Gasteiger partial charge in [-0.3, -0.25) is 9.59 Å². The second-order valence-corrected chi connectivity index (χ2v) is 4.24. The van der Waals surface area contributed by atoms with Crippen LogP contribution in [0.1, 0.15) is 26.7 Å². The number of rotatable bonds is 3. The Morgan fingerprint density at radius 3 is 2.38 bits per heavy atom. The van der Waals surface area contributed by atoms with Gasteiger partial charge in [-0.05, 0) is 19.8 Å². The predicted octanol–water partition coefficient (Wildman–Crippen LogP) is -0.132. The number of carbonyl (C=O) groups excluding carboxylic acids is 2. The molecule has 1 aliphatic heterocycles. The van der Waals surface area contributed by atoms with Gasteiger partial charge in [0.1, 0.15) is 6.04 Å². The van der Waals surface area contributed by atoms with Crippen molar-refractivity contribution in [3.05, 3.63) is 0 Å². The van der Waals surface area contributed by atoms with Crippen LogP contribution in [0.2, 0.25) is 0 Å². The summed E-state index contributed by atoms with van der Waals surface area (Å²) in [6.07, 6.45) is 1.51. The normalized spacial score (nSPS) is 23.4. The average Bonchev–Trinajstić information content (AvgIpc) is 2.63. The number of nitrogens with two attached hydrogens (primary N) is 2. The van der Waals surface area contributed by atoms with Crippen LogP contribution in [0.25, 0.3) is 0 Å². The van der Waals surface area contributed by atoms with Crippen molar-refractivity contribution in [2.24, 2.45) is 17.4 Å². The van der Waals surface area contributed by atoms with Crippen LogP contribution in [-0.4, -0.2) is 35.3 Å². The minimum atomic E-state index is -0.432. The van der Waals surface area contributed by atoms with Gasteiger partial charge in [0.15, 0.2) is 0 Å². The molecule has 94 valence electrons. The Labute approximate surface area is 102 Å². The highest BCUT2D eigenvalue weighted by molar-refractivity contribution is 5.88. The summed E-state index contributed by atoms with van der Waals surface area (Å²) in [5, 5.41) is 0. The molecule has 1 heterocycles. The quantitative estimate of drug-likeness (QED) is 0.730. The fourth-order valence-corrected chi connectivity index (χ4v) is 1.81. The molecule has 0 aliphatic carbocycles. The molecule has 0 aromatic heterocycles. The van der Waals surface area contributed by atoms with E-state index in [1.165, 1.54) is 0 Å². The molecule has 3 unspecified atom stereocenters. The first-order valence-electron chi connectivity index (χ1n) is 5.30. The number of amides is 2. The lowest BCUT2D eigenvalue weighted by molar-refractivity contribution is -0.140. The van der Waals surface area contributed by atoms with E-state index in [1.54, 1.807) is 18.7 Å². The SMILES string of the molecule is CC(N)C(C)C(=O)N1CCCC1C(N)=O.Cl. The molecule has 0 radical (unpaired) electrons. The Balaban J connectivity index is 0.00000225. The minimum absolute atomic E-state index is 0. The molecule has 1 aliphatic rings. The molecule has 1 fully saturated rings. The Bertz CT molecular complexity index is 271. The smallest absolute Gasteiger partial charge is 0.240 e. The number of hydrogen-bond acceptors (Lipinski definition) is 3. The van der Waals surface area contributed by atoms with Gasteiger partial charge in [-0.1, -0.05) is 6.92 Å². The molecule has 0 aromatic rings. The first-order valence-corrected chi connectivity index (χ1v) is 5.30. The Hall–Kier alpha value is -0.810. The largest absolute Gasteiger partial charge is 0.368 e. The first-order chi connectivity index (χ1) is 6.95. The van der Waals surface area contributed by atoms with Crippen molar-refractivity contribution in [3.63, 3.8) is 0 Å². The third-order valence-electron chi connectivity index (χ3n) is 3.04. The van der Waals surface area contributed by atoms with E-state index in [0.717, 1.165) is 6.42 Å². The lowest BCUT2D eigenvalue weighted by Gasteiger charge is -2.26. The lowest BCUT2D eigenvalue weighted by Crippen LogP contribution is -2.48. The van der Waals surface area contributed by atoms with Gasteiger partial charge in [0, 0.05) is 12.6 Å². The molecule has 16 heavy (non-hydrogen) atoms. The van der Waals surface area contributed by atoms with E-state index in [0.29, 0.717) is 13.0 Å². The standard InChI is InChI=1S/C10H19N3O2.ClH/c1-6(7(2)11)10(15)13-5-3-4-8(13)9(12)14;/h6-8H,3-5,11H2,1-2H3,(H2,12,14);1H. The number of nitrogens with zero attached hydrogens (tertiary/aromatic N) is 1. The number of primary amides is 1. The second-order valence-electron chi connectivity index (χ2n) is 4.24. The fraction of sp³-hybridized carbons (Fsp3) is 0.800. The molecule has 1 rings (SSSR count). The van der Waals surface area contributed by atoms with Crippen molar-refractivity contribution < 1.29 is 9.59 Å². The zero-order chi connectivity index (χ0) is 11.6. The Morgan fingerprint density at radius 2 is 1.94 bits per heavy atom. The van der Waals surface area contributed by atoms with E-state index in [2.05, 4.69) is 0 Å². The third-order valence-corrected chi connectivity index (χ3v) is 3.04. The van der Waals surface area contributed by atoms with Crippen molar-refractivity contribution >= 4 is 24.2 Å². The molecule has 4 N–H and O–H groups in total. The van der Waals surface area contributed by atoms with E-state index in [-0.39, 0.29) is 30.3 Å². The van der Waals surface area contributed by atoms with Gasteiger partial charge in [-0.15, -0.1) is 12.4 Å². The molecule has 1 saturated heterocycles. The van der Waals surface area contributed by atoms with Gasteiger partial charge in [0.05, 0.1) is 5.92 Å². The van der Waals surface area contributed by atoms with E-state index in [4.69, 9.17) is 11.5 Å². The van der Waals surface area contributed by atoms with Crippen LogP contribution in [0.5, 0.6) is 0 Å². The highest BCUT2D eigenvalue weighted by atomic mass is 35.5. The molecule has 2 amide bonds. The van der Waals surface area contributed by atoms with Crippen LogP contribution in [-0.2, 0) is 9.59 Å². The van der Waals surface area contributed by atoms with Crippen LogP contribution >= 0.6 is 12.4 Å². The molecule has 6 heteroatoms. The zero-order valence-electron chi connectivity index (χ0n) is 9.68. The van der Waals surface area contributed by atoms with E-state index < -0.39 is 11.9 Å². The van der Waals surface area contributed by atoms with E-state index in [9.17, 15) is 9.59 Å². The van der Waals surface area contributed by atoms with Gasteiger partial charge in [-0.2, -0.15) is 0 Å². The highest BCUT2D eigenvalue weighted by Gasteiger charge is 2.35. The molecule has 3 atom stereocenters. The van der Waals surface area contributed by atoms with Gasteiger partial charge < -0.3 is 16.4 Å². The zero-order valence-corrected chi connectivity index (χ0v) is 10.5. The summed E-state index contributed by atoms with van der Waals surface area (Å²) >= 11 is 0. The summed E-state index contributed by atoms with van der Waals surface area (Å²) in [6, 6.07) is -0.634. The lowest BCUT2D eigenvalue weighted by atomic mass is 10.0. The molecular weight excluding hydrogens is 230 g/mol. The number of carbonyl (C=O) groups is 2. The number of halogens is 1. The van der Waals surface area contributed by atoms with Crippen molar-refractivity contribution in [1.82, 2.24) is 4.90 Å². The van der Waals surface area contributed by atoms with Gasteiger partial charge in [0.25, 0.3) is 0 Å². The van der Waals surface area contributed by atoms with Crippen molar-refractivity contribution in [1.29, 1.82) is 0 Å². The maximum absolute atomic E-state index is 11.9. The van der Waals surface area contributed by atoms with E-state index in [1.807, 2.05) is 0 Å². The molecule has 0 saturated carbocycles. The summed E-state index contributed by atoms with van der Waals surface area (Å²) < 4.78 is 0. The Kier molecular flexibility index (Phi) is 5.75. The number of hydrogen-bond donors (Lipinski definition) is 2. The molecule has 0 spiro atoms. The van der Waals surface area contributed by atoms with Gasteiger partial charge >= 0.3 is 0 Å². The summed E-state index contributed by atoms with van der Waals surface area (Å²) in [5.41, 5.74) is 10.9. The van der Waals surface area contributed by atoms with Crippen LogP contribution in [0.15, 0.2) is 0 Å². The van der Waals surface area contributed by atoms with Crippen molar-refractivity contribution in [2.75, 3.05) is 6.54 Å². The van der Waals surface area contributed by atoms with Gasteiger partial charge in [0.2, 0.25) is 11.8 Å².